The summed E-state index contributed by atoms with van der Waals surface area (Å²) in [5, 5.41) is 23.8. The van der Waals surface area contributed by atoms with Gasteiger partial charge < -0.3 is 20.3 Å². The maximum absolute atomic E-state index is 13.2. The Bertz CT molecular complexity index is 997. The van der Waals surface area contributed by atoms with Gasteiger partial charge in [0, 0.05) is 6.42 Å². The fourth-order valence-electron chi connectivity index (χ4n) is 8.78. The van der Waals surface area contributed by atoms with Crippen molar-refractivity contribution in [1.82, 2.24) is 5.32 Å². The van der Waals surface area contributed by atoms with E-state index >= 15 is 0 Å². The number of esters is 1. The summed E-state index contributed by atoms with van der Waals surface area (Å²) in [7, 11) is 0. The molecule has 0 heterocycles. The molecule has 6 heteroatoms. The quantitative estimate of drug-likeness (QED) is 0.0321. The summed E-state index contributed by atoms with van der Waals surface area (Å²) in [6.07, 6.45) is 59.6. The zero-order valence-corrected chi connectivity index (χ0v) is 42.5. The Balaban J connectivity index is 4.49. The van der Waals surface area contributed by atoms with Crippen LogP contribution >= 0.6 is 0 Å². The first-order valence-corrected chi connectivity index (χ1v) is 28.1. The molecular formula is C57H109NO5. The smallest absolute Gasteiger partial charge is 0.306 e. The van der Waals surface area contributed by atoms with Crippen molar-refractivity contribution in [2.24, 2.45) is 0 Å². The van der Waals surface area contributed by atoms with Crippen molar-refractivity contribution in [3.63, 3.8) is 0 Å². The molecule has 0 bridgehead atoms. The Labute approximate surface area is 392 Å². The molecule has 0 aromatic heterocycles. The highest BCUT2D eigenvalue weighted by molar-refractivity contribution is 5.77. The van der Waals surface area contributed by atoms with Crippen LogP contribution < -0.4 is 5.32 Å². The van der Waals surface area contributed by atoms with Crippen LogP contribution in [-0.2, 0) is 14.3 Å². The Morgan fingerprint density at radius 2 is 0.794 bits per heavy atom. The third-order valence-electron chi connectivity index (χ3n) is 13.1. The molecule has 372 valence electrons. The van der Waals surface area contributed by atoms with Crippen LogP contribution in [0.15, 0.2) is 24.3 Å². The zero-order chi connectivity index (χ0) is 45.9. The van der Waals surface area contributed by atoms with Gasteiger partial charge in [-0.3, -0.25) is 9.59 Å². The van der Waals surface area contributed by atoms with E-state index < -0.39 is 18.2 Å². The molecule has 0 aliphatic rings. The van der Waals surface area contributed by atoms with E-state index in [0.29, 0.717) is 19.3 Å². The molecule has 3 atom stereocenters. The van der Waals surface area contributed by atoms with Gasteiger partial charge in [-0.1, -0.05) is 263 Å². The second kappa shape index (κ2) is 51.3. The number of carbonyl (C=O) groups is 2. The average Bonchev–Trinajstić information content (AvgIpc) is 3.28. The number of hydrogen-bond donors (Lipinski definition) is 3. The lowest BCUT2D eigenvalue weighted by atomic mass is 10.0. The van der Waals surface area contributed by atoms with Crippen molar-refractivity contribution in [2.45, 2.75) is 322 Å². The van der Waals surface area contributed by atoms with Gasteiger partial charge in [0.25, 0.3) is 0 Å². The lowest BCUT2D eigenvalue weighted by molar-refractivity contribution is -0.151. The summed E-state index contributed by atoms with van der Waals surface area (Å²) in [4.78, 5) is 26.2. The number of carbonyl (C=O) groups excluding carboxylic acids is 2. The van der Waals surface area contributed by atoms with Gasteiger partial charge in [-0.2, -0.15) is 0 Å². The van der Waals surface area contributed by atoms with E-state index in [1.807, 2.05) is 0 Å². The number of unbranched alkanes of at least 4 members (excludes halogenated alkanes) is 36. The van der Waals surface area contributed by atoms with Crippen LogP contribution in [0.1, 0.15) is 303 Å². The van der Waals surface area contributed by atoms with E-state index in [4.69, 9.17) is 4.74 Å². The Hall–Kier alpha value is -1.66. The van der Waals surface area contributed by atoms with Crippen molar-refractivity contribution in [1.29, 1.82) is 0 Å². The van der Waals surface area contributed by atoms with Gasteiger partial charge in [0.05, 0.1) is 25.2 Å². The molecule has 0 radical (unpaired) electrons. The lowest BCUT2D eigenvalue weighted by Gasteiger charge is -2.24. The average molecular weight is 889 g/mol. The summed E-state index contributed by atoms with van der Waals surface area (Å²) < 4.78 is 5.95. The van der Waals surface area contributed by atoms with Crippen molar-refractivity contribution in [3.05, 3.63) is 24.3 Å². The maximum atomic E-state index is 13.2. The second-order valence-corrected chi connectivity index (χ2v) is 19.4. The molecule has 3 N–H and O–H groups in total. The number of aliphatic hydroxyl groups is 2. The summed E-state index contributed by atoms with van der Waals surface area (Å²) >= 11 is 0. The highest BCUT2D eigenvalue weighted by Crippen LogP contribution is 2.19. The number of nitrogens with one attached hydrogen (secondary N) is 1. The van der Waals surface area contributed by atoms with Crippen molar-refractivity contribution < 1.29 is 24.5 Å². The number of rotatable bonds is 51. The normalized spacial score (nSPS) is 13.3. The van der Waals surface area contributed by atoms with E-state index in [2.05, 4.69) is 50.4 Å². The molecule has 0 aliphatic carbocycles. The molecule has 0 fully saturated rings. The molecule has 0 saturated carbocycles. The first kappa shape index (κ1) is 61.3. The molecule has 1 amide bonds. The number of ether oxygens (including phenoxy) is 1. The van der Waals surface area contributed by atoms with Gasteiger partial charge >= 0.3 is 5.97 Å². The number of allylic oxidation sites excluding steroid dienone is 4. The number of hydrogen-bond acceptors (Lipinski definition) is 5. The van der Waals surface area contributed by atoms with E-state index in [9.17, 15) is 19.8 Å². The summed E-state index contributed by atoms with van der Waals surface area (Å²) in [6.45, 7) is 6.48. The molecule has 63 heavy (non-hydrogen) atoms. The Kier molecular flexibility index (Phi) is 50.0. The highest BCUT2D eigenvalue weighted by Gasteiger charge is 2.24. The van der Waals surface area contributed by atoms with Crippen LogP contribution in [-0.4, -0.2) is 46.9 Å². The van der Waals surface area contributed by atoms with Crippen molar-refractivity contribution >= 4 is 11.9 Å². The van der Waals surface area contributed by atoms with Gasteiger partial charge in [0.15, 0.2) is 0 Å². The van der Waals surface area contributed by atoms with Crippen LogP contribution in [0.5, 0.6) is 0 Å². The third kappa shape index (κ3) is 46.7. The second-order valence-electron chi connectivity index (χ2n) is 19.4. The Morgan fingerprint density at radius 1 is 0.460 bits per heavy atom. The highest BCUT2D eigenvalue weighted by atomic mass is 16.5. The molecule has 0 saturated heterocycles. The zero-order valence-electron chi connectivity index (χ0n) is 42.5. The summed E-state index contributed by atoms with van der Waals surface area (Å²) in [5.74, 6) is -0.477. The molecular weight excluding hydrogens is 779 g/mol. The largest absolute Gasteiger partial charge is 0.462 e. The molecule has 3 unspecified atom stereocenters. The third-order valence-corrected chi connectivity index (χ3v) is 13.1. The van der Waals surface area contributed by atoms with E-state index in [1.54, 1.807) is 0 Å². The monoisotopic (exact) mass is 888 g/mol. The lowest BCUT2D eigenvalue weighted by Crippen LogP contribution is -2.46. The van der Waals surface area contributed by atoms with Crippen LogP contribution in [0.2, 0.25) is 0 Å². The predicted molar refractivity (Wildman–Crippen MR) is 273 cm³/mol. The van der Waals surface area contributed by atoms with E-state index in [1.165, 1.54) is 186 Å². The minimum absolute atomic E-state index is 0.0695. The topological polar surface area (TPSA) is 95.9 Å². The maximum Gasteiger partial charge on any atom is 0.306 e. The first-order chi connectivity index (χ1) is 31.0. The molecule has 0 spiro atoms. The van der Waals surface area contributed by atoms with Crippen LogP contribution in [0, 0.1) is 0 Å². The molecule has 0 aliphatic heterocycles. The summed E-state index contributed by atoms with van der Waals surface area (Å²) in [5.41, 5.74) is 0. The minimum Gasteiger partial charge on any atom is -0.462 e. The van der Waals surface area contributed by atoms with Crippen LogP contribution in [0.3, 0.4) is 0 Å². The van der Waals surface area contributed by atoms with E-state index in [-0.39, 0.29) is 24.9 Å². The molecule has 6 nitrogen and oxygen atoms in total. The van der Waals surface area contributed by atoms with Crippen molar-refractivity contribution in [2.75, 3.05) is 6.61 Å². The first-order valence-electron chi connectivity index (χ1n) is 28.1. The van der Waals surface area contributed by atoms with Gasteiger partial charge in [-0.25, -0.2) is 0 Å². The van der Waals surface area contributed by atoms with Gasteiger partial charge in [-0.15, -0.1) is 0 Å². The van der Waals surface area contributed by atoms with E-state index in [0.717, 1.165) is 70.6 Å². The van der Waals surface area contributed by atoms with Gasteiger partial charge in [0.1, 0.15) is 6.10 Å². The van der Waals surface area contributed by atoms with Gasteiger partial charge in [-0.05, 0) is 51.4 Å². The SMILES string of the molecule is CCCCC/C=C/C=C/CCCCCCC(CC(=O)NC(CO)C(O)CCCCCCCCCCCCCC)OC(=O)CCCCCCCCCCCCCCCCCCCCC. The Morgan fingerprint density at radius 3 is 1.21 bits per heavy atom. The van der Waals surface area contributed by atoms with Crippen LogP contribution in [0.25, 0.3) is 0 Å². The standard InChI is InChI=1S/C57H109NO5/c1-4-7-10-13-16-19-22-25-26-27-28-29-30-32-35-38-41-44-47-50-57(62)63-53(48-45-42-39-36-33-31-23-20-17-14-11-8-5-2)51-56(61)58-54(52-59)55(60)49-46-43-40-37-34-24-21-18-15-12-9-6-3/h17,20,23,31,53-55,59-60H,4-16,18-19,21-22,24-30,32-52H2,1-3H3,(H,58,61)/b20-17+,31-23+. The minimum atomic E-state index is -0.789. The van der Waals surface area contributed by atoms with Gasteiger partial charge in [0.2, 0.25) is 5.91 Å². The van der Waals surface area contributed by atoms with Crippen molar-refractivity contribution in [3.8, 4) is 0 Å². The molecule has 0 aromatic rings. The predicted octanol–water partition coefficient (Wildman–Crippen LogP) is 17.1. The molecule has 0 aromatic carbocycles. The molecule has 0 rings (SSSR count). The fourth-order valence-corrected chi connectivity index (χ4v) is 8.78. The number of amides is 1. The van der Waals surface area contributed by atoms with Crippen LogP contribution in [0.4, 0.5) is 0 Å². The summed E-state index contributed by atoms with van der Waals surface area (Å²) in [6, 6.07) is -0.703. The fraction of sp³-hybridized carbons (Fsp3) is 0.895. The number of aliphatic hydroxyl groups excluding tert-OH is 2.